The molecule has 2 aromatic carbocycles. The van der Waals surface area contributed by atoms with E-state index in [4.69, 9.17) is 16.3 Å². The van der Waals surface area contributed by atoms with Gasteiger partial charge in [0.1, 0.15) is 5.75 Å². The van der Waals surface area contributed by atoms with Gasteiger partial charge in [0, 0.05) is 11.6 Å². The lowest BCUT2D eigenvalue weighted by atomic mass is 10.3. The van der Waals surface area contributed by atoms with Crippen LogP contribution in [0.4, 0.5) is 0 Å². The van der Waals surface area contributed by atoms with E-state index in [0.29, 0.717) is 17.5 Å². The minimum absolute atomic E-state index is 0.477. The van der Waals surface area contributed by atoms with E-state index in [2.05, 4.69) is 4.98 Å². The number of carbonyl (C=O) groups is 1. The second-order valence-electron chi connectivity index (χ2n) is 5.24. The lowest BCUT2D eigenvalue weighted by Gasteiger charge is -2.08. The summed E-state index contributed by atoms with van der Waals surface area (Å²) in [4.78, 5) is 15.5. The minimum Gasteiger partial charge on any atom is -0.494 e. The van der Waals surface area contributed by atoms with Gasteiger partial charge in [-0.3, -0.25) is 4.79 Å². The Hall–Kier alpha value is -2.33. The number of aldehydes is 1. The molecule has 0 atom stereocenters. The summed E-state index contributed by atoms with van der Waals surface area (Å²) in [6.07, 6.45) is 2.62. The molecule has 118 valence electrons. The zero-order valence-electron chi connectivity index (χ0n) is 12.6. The van der Waals surface area contributed by atoms with Crippen molar-refractivity contribution >= 4 is 28.9 Å². The summed E-state index contributed by atoms with van der Waals surface area (Å²) in [5.74, 6) is 1.29. The number of aryl methyl sites for hydroxylation is 1. The fourth-order valence-electron chi connectivity index (χ4n) is 2.51. The quantitative estimate of drug-likeness (QED) is 0.478. The number of ether oxygens (including phenoxy) is 1. The normalized spacial score (nSPS) is 10.8. The number of para-hydroxylation sites is 2. The lowest BCUT2D eigenvalue weighted by Crippen LogP contribution is -2.05. The molecule has 0 aliphatic carbocycles. The Kier molecular flexibility index (Phi) is 4.93. The van der Waals surface area contributed by atoms with Crippen molar-refractivity contribution in [2.24, 2.45) is 0 Å². The molecule has 4 nitrogen and oxygen atoms in total. The third-order valence-electron chi connectivity index (χ3n) is 3.65. The zero-order valence-corrected chi connectivity index (χ0v) is 13.4. The molecule has 0 spiro atoms. The van der Waals surface area contributed by atoms with Crippen LogP contribution < -0.4 is 4.74 Å². The number of nitrogens with zero attached hydrogens (tertiary/aromatic N) is 2. The van der Waals surface area contributed by atoms with E-state index in [0.717, 1.165) is 42.5 Å². The fourth-order valence-corrected chi connectivity index (χ4v) is 2.64. The molecule has 0 N–H and O–H groups in total. The average molecular weight is 329 g/mol. The molecule has 0 unspecified atom stereocenters. The molecule has 0 fully saturated rings. The number of fused-ring (bicyclic) bond motifs is 1. The first kappa shape index (κ1) is 15.6. The van der Waals surface area contributed by atoms with Gasteiger partial charge >= 0.3 is 0 Å². The van der Waals surface area contributed by atoms with Crippen molar-refractivity contribution in [3.8, 4) is 5.75 Å². The predicted octanol–water partition coefficient (Wildman–Crippen LogP) is 4.36. The first-order valence-electron chi connectivity index (χ1n) is 7.57. The van der Waals surface area contributed by atoms with E-state index in [1.807, 2.05) is 53.1 Å². The number of hydrogen-bond acceptors (Lipinski definition) is 3. The number of hydrogen-bond donors (Lipinski definition) is 0. The van der Waals surface area contributed by atoms with E-state index < -0.39 is 0 Å². The maximum Gasteiger partial charge on any atom is 0.185 e. The average Bonchev–Trinajstić information content (AvgIpc) is 2.94. The van der Waals surface area contributed by atoms with Gasteiger partial charge in [0.15, 0.2) is 12.1 Å². The van der Waals surface area contributed by atoms with Gasteiger partial charge in [-0.25, -0.2) is 4.98 Å². The molecule has 3 aromatic rings. The Morgan fingerprint density at radius 1 is 1.09 bits per heavy atom. The van der Waals surface area contributed by atoms with Gasteiger partial charge in [-0.1, -0.05) is 23.7 Å². The first-order valence-corrected chi connectivity index (χ1v) is 7.94. The topological polar surface area (TPSA) is 44.1 Å². The molecular weight excluding hydrogens is 312 g/mol. The Morgan fingerprint density at radius 3 is 2.65 bits per heavy atom. The van der Waals surface area contributed by atoms with Crippen LogP contribution in [0.3, 0.4) is 0 Å². The van der Waals surface area contributed by atoms with Gasteiger partial charge < -0.3 is 9.30 Å². The molecular formula is C18H17ClN2O2. The molecule has 0 aliphatic heterocycles. The number of imidazole rings is 1. The van der Waals surface area contributed by atoms with Crippen LogP contribution in [-0.2, 0) is 6.54 Å². The van der Waals surface area contributed by atoms with Gasteiger partial charge in [-0.15, -0.1) is 0 Å². The molecule has 0 amide bonds. The van der Waals surface area contributed by atoms with Gasteiger partial charge in [-0.05, 0) is 49.2 Å². The summed E-state index contributed by atoms with van der Waals surface area (Å²) in [5, 5.41) is 0.700. The van der Waals surface area contributed by atoms with Crippen LogP contribution in [0.5, 0.6) is 5.75 Å². The van der Waals surface area contributed by atoms with Crippen LogP contribution in [-0.4, -0.2) is 22.4 Å². The number of carbonyl (C=O) groups excluding carboxylic acids is 1. The first-order chi connectivity index (χ1) is 11.3. The Morgan fingerprint density at radius 2 is 1.87 bits per heavy atom. The molecule has 23 heavy (non-hydrogen) atoms. The summed E-state index contributed by atoms with van der Waals surface area (Å²) in [5.41, 5.74) is 1.85. The maximum atomic E-state index is 11.2. The van der Waals surface area contributed by atoms with Crippen LogP contribution >= 0.6 is 11.6 Å². The van der Waals surface area contributed by atoms with Crippen LogP contribution in [0, 0.1) is 0 Å². The van der Waals surface area contributed by atoms with Crippen molar-refractivity contribution in [1.29, 1.82) is 0 Å². The largest absolute Gasteiger partial charge is 0.494 e. The molecule has 5 heteroatoms. The standard InChI is InChI=1S/C18H17ClN2O2/c19-14-7-9-15(10-8-14)23-12-4-3-11-21-17-6-2-1-5-16(17)20-18(21)13-22/h1-2,5-10,13H,3-4,11-12H2. The van der Waals surface area contributed by atoms with Crippen molar-refractivity contribution in [3.63, 3.8) is 0 Å². The smallest absolute Gasteiger partial charge is 0.185 e. The summed E-state index contributed by atoms with van der Waals surface area (Å²) < 4.78 is 7.63. The van der Waals surface area contributed by atoms with E-state index in [1.54, 1.807) is 0 Å². The second kappa shape index (κ2) is 7.29. The summed E-state index contributed by atoms with van der Waals surface area (Å²) >= 11 is 5.84. The molecule has 1 aromatic heterocycles. The number of unbranched alkanes of at least 4 members (excludes halogenated alkanes) is 1. The summed E-state index contributed by atoms with van der Waals surface area (Å²) in [6.45, 7) is 1.38. The molecule has 3 rings (SSSR count). The third-order valence-corrected chi connectivity index (χ3v) is 3.90. The number of benzene rings is 2. The molecule has 0 radical (unpaired) electrons. The SMILES string of the molecule is O=Cc1nc2ccccc2n1CCCCOc1ccc(Cl)cc1. The lowest BCUT2D eigenvalue weighted by molar-refractivity contribution is 0.111. The van der Waals surface area contributed by atoms with Crippen LogP contribution in [0.2, 0.25) is 5.02 Å². The number of halogens is 1. The third kappa shape index (κ3) is 3.71. The van der Waals surface area contributed by atoms with Crippen LogP contribution in [0.1, 0.15) is 23.5 Å². The van der Waals surface area contributed by atoms with E-state index in [1.165, 1.54) is 0 Å². The Bertz CT molecular complexity index is 796. The molecule has 0 aliphatic rings. The molecule has 0 saturated heterocycles. The summed E-state index contributed by atoms with van der Waals surface area (Å²) in [6, 6.07) is 15.1. The number of aromatic nitrogens is 2. The highest BCUT2D eigenvalue weighted by Crippen LogP contribution is 2.17. The molecule has 0 bridgehead atoms. The Balaban J connectivity index is 1.54. The van der Waals surface area contributed by atoms with Crippen molar-refractivity contribution in [1.82, 2.24) is 9.55 Å². The molecule has 1 heterocycles. The van der Waals surface area contributed by atoms with Crippen molar-refractivity contribution in [3.05, 3.63) is 59.4 Å². The van der Waals surface area contributed by atoms with Crippen LogP contribution in [0.25, 0.3) is 11.0 Å². The van der Waals surface area contributed by atoms with E-state index >= 15 is 0 Å². The monoisotopic (exact) mass is 328 g/mol. The van der Waals surface area contributed by atoms with E-state index in [-0.39, 0.29) is 0 Å². The second-order valence-corrected chi connectivity index (χ2v) is 5.67. The molecule has 0 saturated carbocycles. The zero-order chi connectivity index (χ0) is 16.1. The highest BCUT2D eigenvalue weighted by Gasteiger charge is 2.08. The van der Waals surface area contributed by atoms with Crippen molar-refractivity contribution in [2.45, 2.75) is 19.4 Å². The van der Waals surface area contributed by atoms with Gasteiger partial charge in [-0.2, -0.15) is 0 Å². The predicted molar refractivity (Wildman–Crippen MR) is 91.3 cm³/mol. The van der Waals surface area contributed by atoms with Crippen LogP contribution in [0.15, 0.2) is 48.5 Å². The van der Waals surface area contributed by atoms with Crippen molar-refractivity contribution < 1.29 is 9.53 Å². The minimum atomic E-state index is 0.477. The van der Waals surface area contributed by atoms with Gasteiger partial charge in [0.25, 0.3) is 0 Å². The fraction of sp³-hybridized carbons (Fsp3) is 0.222. The summed E-state index contributed by atoms with van der Waals surface area (Å²) in [7, 11) is 0. The van der Waals surface area contributed by atoms with Gasteiger partial charge in [0.2, 0.25) is 0 Å². The van der Waals surface area contributed by atoms with Crippen molar-refractivity contribution in [2.75, 3.05) is 6.61 Å². The van der Waals surface area contributed by atoms with E-state index in [9.17, 15) is 4.79 Å². The maximum absolute atomic E-state index is 11.2. The highest BCUT2D eigenvalue weighted by molar-refractivity contribution is 6.30. The highest BCUT2D eigenvalue weighted by atomic mass is 35.5. The number of rotatable bonds is 7. The van der Waals surface area contributed by atoms with Gasteiger partial charge in [0.05, 0.1) is 17.6 Å². The Labute approximate surface area is 139 Å².